The summed E-state index contributed by atoms with van der Waals surface area (Å²) in [7, 11) is 0. The molecule has 0 fully saturated rings. The van der Waals surface area contributed by atoms with Crippen LogP contribution in [0, 0.1) is 0 Å². The first-order chi connectivity index (χ1) is 8.66. The van der Waals surface area contributed by atoms with Crippen molar-refractivity contribution in [2.45, 2.75) is 10.8 Å². The van der Waals surface area contributed by atoms with Crippen LogP contribution in [0.5, 0.6) is 0 Å². The van der Waals surface area contributed by atoms with Crippen LogP contribution in [-0.4, -0.2) is 16.1 Å². The number of halogens is 1. The van der Waals surface area contributed by atoms with Crippen LogP contribution in [-0.2, 0) is 5.75 Å². The Morgan fingerprint density at radius 2 is 2.06 bits per heavy atom. The molecule has 0 radical (unpaired) electrons. The van der Waals surface area contributed by atoms with E-state index in [1.807, 2.05) is 24.3 Å². The number of pyridine rings is 1. The molecule has 5 heteroatoms. The topological polar surface area (TPSA) is 50.2 Å². The predicted octanol–water partition coefficient (Wildman–Crippen LogP) is 3.83. The first-order valence-corrected chi connectivity index (χ1v) is 7.00. The fraction of sp³-hybridized carbons (Fsp3) is 0.0769. The monoisotopic (exact) mass is 323 g/mol. The van der Waals surface area contributed by atoms with Crippen molar-refractivity contribution in [1.29, 1.82) is 0 Å². The lowest BCUT2D eigenvalue weighted by molar-refractivity contribution is 0.0696. The highest BCUT2D eigenvalue weighted by Crippen LogP contribution is 2.25. The standard InChI is InChI=1S/C13H10BrNO2S/c14-11-4-2-1-3-10(11)8-18-12-6-5-9(7-15-12)13(16)17/h1-7H,8H2,(H,16,17). The largest absolute Gasteiger partial charge is 0.478 e. The summed E-state index contributed by atoms with van der Waals surface area (Å²) in [5.74, 6) is -0.161. The van der Waals surface area contributed by atoms with E-state index in [1.165, 1.54) is 11.8 Å². The van der Waals surface area contributed by atoms with Crippen LogP contribution in [0.3, 0.4) is 0 Å². The van der Waals surface area contributed by atoms with E-state index in [4.69, 9.17) is 5.11 Å². The molecule has 1 heterocycles. The van der Waals surface area contributed by atoms with Crippen LogP contribution in [0.2, 0.25) is 0 Å². The van der Waals surface area contributed by atoms with Crippen molar-refractivity contribution >= 4 is 33.7 Å². The number of benzene rings is 1. The molecule has 0 saturated heterocycles. The van der Waals surface area contributed by atoms with Gasteiger partial charge in [-0.1, -0.05) is 34.1 Å². The van der Waals surface area contributed by atoms with Crippen LogP contribution >= 0.6 is 27.7 Å². The zero-order valence-corrected chi connectivity index (χ0v) is 11.7. The molecule has 0 unspecified atom stereocenters. The number of carbonyl (C=O) groups is 1. The first kappa shape index (κ1) is 13.1. The molecule has 0 spiro atoms. The zero-order chi connectivity index (χ0) is 13.0. The number of carboxylic acids is 1. The molecule has 2 rings (SSSR count). The zero-order valence-electron chi connectivity index (χ0n) is 9.34. The van der Waals surface area contributed by atoms with E-state index in [1.54, 1.807) is 23.9 Å². The highest BCUT2D eigenvalue weighted by atomic mass is 79.9. The summed E-state index contributed by atoms with van der Waals surface area (Å²) in [4.78, 5) is 14.8. The SMILES string of the molecule is O=C(O)c1ccc(SCc2ccccc2Br)nc1. The third-order valence-corrected chi connectivity index (χ3v) is 4.08. The van der Waals surface area contributed by atoms with Crippen molar-refractivity contribution in [2.24, 2.45) is 0 Å². The lowest BCUT2D eigenvalue weighted by Gasteiger charge is -2.03. The third kappa shape index (κ3) is 3.34. The minimum Gasteiger partial charge on any atom is -0.478 e. The van der Waals surface area contributed by atoms with Gasteiger partial charge in [-0.15, -0.1) is 11.8 Å². The van der Waals surface area contributed by atoms with Crippen LogP contribution in [0.4, 0.5) is 0 Å². The van der Waals surface area contributed by atoms with E-state index in [2.05, 4.69) is 20.9 Å². The number of carboxylic acid groups (broad SMARTS) is 1. The first-order valence-electron chi connectivity index (χ1n) is 5.22. The summed E-state index contributed by atoms with van der Waals surface area (Å²) in [6.07, 6.45) is 1.38. The van der Waals surface area contributed by atoms with Gasteiger partial charge < -0.3 is 5.11 Å². The summed E-state index contributed by atoms with van der Waals surface area (Å²) in [5, 5.41) is 9.58. The quantitative estimate of drug-likeness (QED) is 0.868. The van der Waals surface area contributed by atoms with Gasteiger partial charge in [0.05, 0.1) is 10.6 Å². The molecular formula is C13H10BrNO2S. The molecule has 0 bridgehead atoms. The van der Waals surface area contributed by atoms with Gasteiger partial charge in [0.15, 0.2) is 0 Å². The van der Waals surface area contributed by atoms with Crippen molar-refractivity contribution in [3.63, 3.8) is 0 Å². The molecule has 0 saturated carbocycles. The van der Waals surface area contributed by atoms with Crippen molar-refractivity contribution < 1.29 is 9.90 Å². The van der Waals surface area contributed by atoms with Gasteiger partial charge in [0, 0.05) is 16.4 Å². The maximum Gasteiger partial charge on any atom is 0.337 e. The molecule has 92 valence electrons. The van der Waals surface area contributed by atoms with Crippen LogP contribution in [0.25, 0.3) is 0 Å². The van der Waals surface area contributed by atoms with Crippen molar-refractivity contribution in [3.8, 4) is 0 Å². The van der Waals surface area contributed by atoms with Gasteiger partial charge in [-0.2, -0.15) is 0 Å². The second kappa shape index (κ2) is 6.02. The lowest BCUT2D eigenvalue weighted by atomic mass is 10.2. The average Bonchev–Trinajstić information content (AvgIpc) is 2.38. The van der Waals surface area contributed by atoms with Gasteiger partial charge in [0.2, 0.25) is 0 Å². The Kier molecular flexibility index (Phi) is 4.38. The van der Waals surface area contributed by atoms with Gasteiger partial charge in [-0.3, -0.25) is 0 Å². The number of aromatic nitrogens is 1. The molecule has 0 amide bonds. The van der Waals surface area contributed by atoms with Crippen LogP contribution in [0.15, 0.2) is 52.1 Å². The fourth-order valence-electron chi connectivity index (χ4n) is 1.36. The van der Waals surface area contributed by atoms with Gasteiger partial charge in [-0.25, -0.2) is 9.78 Å². The third-order valence-electron chi connectivity index (χ3n) is 2.32. The summed E-state index contributed by atoms with van der Waals surface area (Å²) in [5.41, 5.74) is 1.40. The summed E-state index contributed by atoms with van der Waals surface area (Å²) in [6, 6.07) is 11.3. The van der Waals surface area contributed by atoms with Gasteiger partial charge >= 0.3 is 5.97 Å². The van der Waals surface area contributed by atoms with E-state index in [0.29, 0.717) is 0 Å². The summed E-state index contributed by atoms with van der Waals surface area (Å²) < 4.78 is 1.07. The predicted molar refractivity (Wildman–Crippen MR) is 74.9 cm³/mol. The second-order valence-corrected chi connectivity index (χ2v) is 5.42. The lowest BCUT2D eigenvalue weighted by Crippen LogP contribution is -1.96. The smallest absolute Gasteiger partial charge is 0.337 e. The normalized spacial score (nSPS) is 10.3. The highest BCUT2D eigenvalue weighted by Gasteiger charge is 2.04. The summed E-state index contributed by atoms with van der Waals surface area (Å²) in [6.45, 7) is 0. The number of nitrogens with zero attached hydrogens (tertiary/aromatic N) is 1. The Hall–Kier alpha value is -1.33. The molecule has 3 nitrogen and oxygen atoms in total. The van der Waals surface area contributed by atoms with Crippen molar-refractivity contribution in [3.05, 3.63) is 58.2 Å². The van der Waals surface area contributed by atoms with Gasteiger partial charge in [-0.05, 0) is 23.8 Å². The Labute approximate surface area is 117 Å². The van der Waals surface area contributed by atoms with E-state index in [9.17, 15) is 4.79 Å². The van der Waals surface area contributed by atoms with E-state index in [0.717, 1.165) is 15.3 Å². The van der Waals surface area contributed by atoms with Gasteiger partial charge in [0.25, 0.3) is 0 Å². The molecular weight excluding hydrogens is 314 g/mol. The molecule has 1 N–H and O–H groups in total. The number of hydrogen-bond donors (Lipinski definition) is 1. The Morgan fingerprint density at radius 1 is 1.28 bits per heavy atom. The number of thioether (sulfide) groups is 1. The molecule has 0 atom stereocenters. The molecule has 0 aliphatic heterocycles. The maximum atomic E-state index is 10.7. The molecule has 2 aromatic rings. The minimum absolute atomic E-state index is 0.209. The Morgan fingerprint density at radius 3 is 2.67 bits per heavy atom. The van der Waals surface area contributed by atoms with Crippen molar-refractivity contribution in [2.75, 3.05) is 0 Å². The molecule has 0 aliphatic carbocycles. The van der Waals surface area contributed by atoms with Gasteiger partial charge in [0.1, 0.15) is 0 Å². The maximum absolute atomic E-state index is 10.7. The van der Waals surface area contributed by atoms with E-state index < -0.39 is 5.97 Å². The van der Waals surface area contributed by atoms with E-state index >= 15 is 0 Å². The van der Waals surface area contributed by atoms with Crippen molar-refractivity contribution in [1.82, 2.24) is 4.98 Å². The number of rotatable bonds is 4. The number of aromatic carboxylic acids is 1. The Balaban J connectivity index is 2.02. The summed E-state index contributed by atoms with van der Waals surface area (Å²) >= 11 is 5.06. The van der Waals surface area contributed by atoms with Crippen LogP contribution in [0.1, 0.15) is 15.9 Å². The average molecular weight is 324 g/mol. The molecule has 1 aromatic carbocycles. The minimum atomic E-state index is -0.954. The highest BCUT2D eigenvalue weighted by molar-refractivity contribution is 9.10. The fourth-order valence-corrected chi connectivity index (χ4v) is 2.82. The second-order valence-electron chi connectivity index (χ2n) is 3.57. The molecule has 18 heavy (non-hydrogen) atoms. The molecule has 1 aromatic heterocycles. The van der Waals surface area contributed by atoms with Crippen LogP contribution < -0.4 is 0 Å². The molecule has 0 aliphatic rings. The number of hydrogen-bond acceptors (Lipinski definition) is 3. The van der Waals surface area contributed by atoms with E-state index in [-0.39, 0.29) is 5.56 Å². The Bertz CT molecular complexity index is 557.